The molecule has 0 aromatic carbocycles. The topological polar surface area (TPSA) is 26.2 Å². The third-order valence-electron chi connectivity index (χ3n) is 5.84. The van der Waals surface area contributed by atoms with Crippen LogP contribution in [0.1, 0.15) is 90.9 Å². The van der Waals surface area contributed by atoms with Gasteiger partial charge in [-0.05, 0) is 38.5 Å². The van der Waals surface area contributed by atoms with Crippen molar-refractivity contribution in [2.45, 2.75) is 104 Å². The minimum absolute atomic E-state index is 0. The van der Waals surface area contributed by atoms with Crippen molar-refractivity contribution >= 4 is 0 Å². The van der Waals surface area contributed by atoms with Crippen molar-refractivity contribution < 1.29 is 52.6 Å². The Bertz CT molecular complexity index is 635. The van der Waals surface area contributed by atoms with Crippen molar-refractivity contribution in [3.05, 3.63) is 49.1 Å². The first-order chi connectivity index (χ1) is 15.8. The molecule has 2 heterocycles. The molecule has 34 heavy (non-hydrogen) atoms. The van der Waals surface area contributed by atoms with Gasteiger partial charge < -0.3 is 43.4 Å². The van der Waals surface area contributed by atoms with Gasteiger partial charge in [0.15, 0.2) is 24.8 Å². The molecule has 0 aliphatic heterocycles. The quantitative estimate of drug-likeness (QED) is 0.173. The van der Waals surface area contributed by atoms with Gasteiger partial charge in [0, 0.05) is 37.1 Å². The molecule has 0 amide bonds. The first-order valence-corrected chi connectivity index (χ1v) is 13.1. The molecule has 0 aliphatic rings. The predicted octanol–water partition coefficient (Wildman–Crippen LogP) is 0.448. The van der Waals surface area contributed by atoms with Gasteiger partial charge in [0.05, 0.1) is 13.2 Å². The normalized spacial score (nSPS) is 10.3. The first kappa shape index (κ1) is 32.9. The van der Waals surface area contributed by atoms with E-state index in [2.05, 4.69) is 72.0 Å². The summed E-state index contributed by atoms with van der Waals surface area (Å²) >= 11 is 0. The molecule has 4 nitrogen and oxygen atoms in total. The number of aromatic nitrogens is 2. The molecule has 2 aromatic rings. The SMILES string of the molecule is CCCCCC[n+]1ccc(OCCCCCCOc2cc[n+](CCCCCC)cc2)cc1.[Br-].[Br-]. The Morgan fingerprint density at radius 3 is 1.21 bits per heavy atom. The largest absolute Gasteiger partial charge is 1.00 e. The molecule has 0 fully saturated rings. The molecule has 0 atom stereocenters. The molecule has 0 N–H and O–H groups in total. The van der Waals surface area contributed by atoms with E-state index < -0.39 is 0 Å². The molecular weight excluding hydrogens is 556 g/mol. The fourth-order valence-corrected chi connectivity index (χ4v) is 3.76. The Kier molecular flexibility index (Phi) is 21.6. The van der Waals surface area contributed by atoms with Crippen LogP contribution < -0.4 is 52.6 Å². The van der Waals surface area contributed by atoms with E-state index in [4.69, 9.17) is 9.47 Å². The lowest BCUT2D eigenvalue weighted by atomic mass is 10.2. The highest BCUT2D eigenvalue weighted by Crippen LogP contribution is 2.10. The zero-order valence-electron chi connectivity index (χ0n) is 21.4. The van der Waals surface area contributed by atoms with Gasteiger partial charge in [0.25, 0.3) is 0 Å². The highest BCUT2D eigenvalue weighted by atomic mass is 79.9. The molecule has 6 heteroatoms. The number of hydrogen-bond acceptors (Lipinski definition) is 2. The average Bonchev–Trinajstić information content (AvgIpc) is 2.83. The molecule has 0 spiro atoms. The van der Waals surface area contributed by atoms with E-state index >= 15 is 0 Å². The lowest BCUT2D eigenvalue weighted by Gasteiger charge is -2.07. The lowest BCUT2D eigenvalue weighted by Crippen LogP contribution is -3.00. The number of hydrogen-bond donors (Lipinski definition) is 0. The van der Waals surface area contributed by atoms with Crippen LogP contribution in [0.25, 0.3) is 0 Å². The summed E-state index contributed by atoms with van der Waals surface area (Å²) in [6, 6.07) is 8.34. The highest BCUT2D eigenvalue weighted by Gasteiger charge is 2.03. The minimum atomic E-state index is 0. The van der Waals surface area contributed by atoms with Crippen molar-refractivity contribution in [2.24, 2.45) is 0 Å². The van der Waals surface area contributed by atoms with E-state index in [1.54, 1.807) is 0 Å². The van der Waals surface area contributed by atoms with Crippen LogP contribution in [0.5, 0.6) is 11.5 Å². The van der Waals surface area contributed by atoms with E-state index in [0.29, 0.717) is 0 Å². The summed E-state index contributed by atoms with van der Waals surface area (Å²) in [6.45, 7) is 8.29. The highest BCUT2D eigenvalue weighted by molar-refractivity contribution is 5.15. The van der Waals surface area contributed by atoms with Crippen LogP contribution in [0.15, 0.2) is 49.1 Å². The summed E-state index contributed by atoms with van der Waals surface area (Å²) in [5, 5.41) is 0. The second-order valence-electron chi connectivity index (χ2n) is 8.78. The number of nitrogens with zero attached hydrogens (tertiary/aromatic N) is 2. The van der Waals surface area contributed by atoms with Crippen LogP contribution in [0.3, 0.4) is 0 Å². The van der Waals surface area contributed by atoms with E-state index in [-0.39, 0.29) is 34.0 Å². The summed E-state index contributed by atoms with van der Waals surface area (Å²) in [4.78, 5) is 0. The molecule has 0 unspecified atom stereocenters. The van der Waals surface area contributed by atoms with Crippen LogP contribution in [0, 0.1) is 0 Å². The van der Waals surface area contributed by atoms with Gasteiger partial charge in [-0.25, -0.2) is 9.13 Å². The maximum atomic E-state index is 5.89. The first-order valence-electron chi connectivity index (χ1n) is 13.1. The van der Waals surface area contributed by atoms with Crippen molar-refractivity contribution in [2.75, 3.05) is 13.2 Å². The van der Waals surface area contributed by atoms with Crippen LogP contribution in [-0.4, -0.2) is 13.2 Å². The third-order valence-corrected chi connectivity index (χ3v) is 5.84. The number of unbranched alkanes of at least 4 members (excludes halogenated alkanes) is 9. The van der Waals surface area contributed by atoms with Crippen molar-refractivity contribution in [1.29, 1.82) is 0 Å². The van der Waals surface area contributed by atoms with Crippen LogP contribution in [-0.2, 0) is 13.1 Å². The Morgan fingerprint density at radius 1 is 0.500 bits per heavy atom. The number of rotatable bonds is 19. The van der Waals surface area contributed by atoms with Crippen molar-refractivity contribution in [3.63, 3.8) is 0 Å². The standard InChI is InChI=1S/C28H46N2O2.2BrH/c1-3-5-7-11-19-29-21-15-27(16-22-29)31-25-13-9-10-14-26-32-28-17-23-30(24-18-28)20-12-8-6-4-2;;/h15-18,21-24H,3-14,19-20,25-26H2,1-2H3;2*1H/q+2;;/p-2. The zero-order chi connectivity index (χ0) is 22.7. The fourth-order valence-electron chi connectivity index (χ4n) is 3.76. The van der Waals surface area contributed by atoms with Gasteiger partial charge in [0.1, 0.15) is 24.6 Å². The Morgan fingerprint density at radius 2 is 0.853 bits per heavy atom. The number of halogens is 2. The molecule has 2 aromatic heterocycles. The van der Waals surface area contributed by atoms with Gasteiger partial charge in [-0.1, -0.05) is 39.5 Å². The third kappa shape index (κ3) is 15.7. The second kappa shape index (κ2) is 22.3. The summed E-state index contributed by atoms with van der Waals surface area (Å²) in [6.07, 6.45) is 23.5. The van der Waals surface area contributed by atoms with E-state index in [0.717, 1.165) is 50.6 Å². The molecule has 0 aliphatic carbocycles. The molecule has 0 saturated carbocycles. The molecular formula is C28H46Br2N2O2. The van der Waals surface area contributed by atoms with E-state index in [1.165, 1.54) is 64.2 Å². The Labute approximate surface area is 229 Å². The van der Waals surface area contributed by atoms with Crippen LogP contribution >= 0.6 is 0 Å². The number of pyridine rings is 2. The van der Waals surface area contributed by atoms with E-state index in [9.17, 15) is 0 Å². The molecule has 194 valence electrons. The Balaban J connectivity index is 0.00000544. The summed E-state index contributed by atoms with van der Waals surface area (Å²) in [5.41, 5.74) is 0. The maximum Gasteiger partial charge on any atom is 0.172 e. The van der Waals surface area contributed by atoms with Gasteiger partial charge in [-0.15, -0.1) is 0 Å². The fraction of sp³-hybridized carbons (Fsp3) is 0.643. The van der Waals surface area contributed by atoms with Crippen molar-refractivity contribution in [1.82, 2.24) is 0 Å². The average molecular weight is 602 g/mol. The predicted molar refractivity (Wildman–Crippen MR) is 131 cm³/mol. The molecule has 0 saturated heterocycles. The molecule has 0 bridgehead atoms. The minimum Gasteiger partial charge on any atom is -1.00 e. The lowest BCUT2D eigenvalue weighted by molar-refractivity contribution is -0.697. The summed E-state index contributed by atoms with van der Waals surface area (Å²) in [7, 11) is 0. The Hall–Kier alpha value is -1.14. The monoisotopic (exact) mass is 600 g/mol. The van der Waals surface area contributed by atoms with Gasteiger partial charge >= 0.3 is 0 Å². The second-order valence-corrected chi connectivity index (χ2v) is 8.78. The maximum absolute atomic E-state index is 5.89. The van der Waals surface area contributed by atoms with Crippen molar-refractivity contribution in [3.8, 4) is 11.5 Å². The number of ether oxygens (including phenoxy) is 2. The van der Waals surface area contributed by atoms with Crippen LogP contribution in [0.4, 0.5) is 0 Å². The zero-order valence-corrected chi connectivity index (χ0v) is 24.6. The van der Waals surface area contributed by atoms with Gasteiger partial charge in [-0.3, -0.25) is 0 Å². The molecule has 0 radical (unpaired) electrons. The summed E-state index contributed by atoms with van der Waals surface area (Å²) in [5.74, 6) is 1.95. The van der Waals surface area contributed by atoms with Crippen LogP contribution in [0.2, 0.25) is 0 Å². The summed E-state index contributed by atoms with van der Waals surface area (Å²) < 4.78 is 16.3. The smallest absolute Gasteiger partial charge is 0.172 e. The number of aryl methyl sites for hydroxylation is 2. The van der Waals surface area contributed by atoms with E-state index in [1.807, 2.05) is 0 Å². The van der Waals surface area contributed by atoms with Gasteiger partial charge in [-0.2, -0.15) is 0 Å². The molecule has 2 rings (SSSR count). The van der Waals surface area contributed by atoms with Gasteiger partial charge in [0.2, 0.25) is 0 Å².